The van der Waals surface area contributed by atoms with E-state index in [1.165, 1.54) is 13.2 Å². The number of hydrogen-bond donors (Lipinski definition) is 2. The zero-order chi connectivity index (χ0) is 10.0. The molecule has 1 aromatic carbocycles. The van der Waals surface area contributed by atoms with Gasteiger partial charge in [0.25, 0.3) is 0 Å². The van der Waals surface area contributed by atoms with Gasteiger partial charge >= 0.3 is 5.97 Å². The van der Waals surface area contributed by atoms with E-state index in [-0.39, 0.29) is 5.56 Å². The first kappa shape index (κ1) is 9.85. The Labute approximate surface area is 83.4 Å². The highest BCUT2D eigenvalue weighted by Gasteiger charge is 2.13. The minimum Gasteiger partial charge on any atom is -0.495 e. The molecule has 1 aromatic rings. The molecule has 0 aliphatic heterocycles. The summed E-state index contributed by atoms with van der Waals surface area (Å²) in [5, 5.41) is 8.77. The predicted molar refractivity (Wildman–Crippen MR) is 52.1 cm³/mol. The molecule has 70 valence electrons. The van der Waals surface area contributed by atoms with Crippen LogP contribution >= 0.6 is 15.9 Å². The van der Waals surface area contributed by atoms with Crippen molar-refractivity contribution < 1.29 is 14.6 Å². The minimum absolute atomic E-state index is 0.0943. The Bertz CT molecular complexity index is 351. The van der Waals surface area contributed by atoms with Crippen molar-refractivity contribution in [3.05, 3.63) is 22.2 Å². The van der Waals surface area contributed by atoms with Gasteiger partial charge in [-0.15, -0.1) is 0 Å². The maximum atomic E-state index is 10.7. The van der Waals surface area contributed by atoms with Crippen LogP contribution in [0.4, 0.5) is 5.69 Å². The summed E-state index contributed by atoms with van der Waals surface area (Å²) in [6, 6.07) is 2.92. The lowest BCUT2D eigenvalue weighted by molar-refractivity contribution is 0.0695. The van der Waals surface area contributed by atoms with E-state index < -0.39 is 5.97 Å². The molecular weight excluding hydrogens is 238 g/mol. The maximum absolute atomic E-state index is 10.7. The van der Waals surface area contributed by atoms with Crippen LogP contribution in [0.25, 0.3) is 0 Å². The number of carboxylic acids is 1. The Morgan fingerprint density at radius 2 is 2.23 bits per heavy atom. The third-order valence-electron chi connectivity index (χ3n) is 1.51. The number of benzene rings is 1. The second kappa shape index (κ2) is 3.66. The van der Waals surface area contributed by atoms with Gasteiger partial charge in [0.1, 0.15) is 5.75 Å². The summed E-state index contributed by atoms with van der Waals surface area (Å²) in [4.78, 5) is 10.7. The second-order valence-electron chi connectivity index (χ2n) is 2.39. The van der Waals surface area contributed by atoms with Crippen LogP contribution in [0.3, 0.4) is 0 Å². The fraction of sp³-hybridized carbons (Fsp3) is 0.125. The standard InChI is InChI=1S/C8H8BrNO3/c1-13-6-3-4(10)2-5(7(6)9)8(11)12/h2-3H,10H2,1H3,(H,11,12). The fourth-order valence-electron chi connectivity index (χ4n) is 0.923. The van der Waals surface area contributed by atoms with Crippen LogP contribution in [0, 0.1) is 0 Å². The molecule has 0 amide bonds. The maximum Gasteiger partial charge on any atom is 0.337 e. The van der Waals surface area contributed by atoms with Gasteiger partial charge in [-0.1, -0.05) is 0 Å². The number of halogens is 1. The van der Waals surface area contributed by atoms with Crippen LogP contribution < -0.4 is 10.5 Å². The third-order valence-corrected chi connectivity index (χ3v) is 2.33. The molecule has 3 N–H and O–H groups in total. The van der Waals surface area contributed by atoms with E-state index in [0.717, 1.165) is 0 Å². The van der Waals surface area contributed by atoms with Gasteiger partial charge in [-0.05, 0) is 22.0 Å². The highest BCUT2D eigenvalue weighted by molar-refractivity contribution is 9.10. The Morgan fingerprint density at radius 1 is 1.62 bits per heavy atom. The van der Waals surface area contributed by atoms with E-state index in [1.54, 1.807) is 6.07 Å². The van der Waals surface area contributed by atoms with Crippen LogP contribution in [-0.2, 0) is 0 Å². The Balaban J connectivity index is 3.35. The number of nitrogens with two attached hydrogens (primary N) is 1. The van der Waals surface area contributed by atoms with Crippen molar-refractivity contribution in [1.29, 1.82) is 0 Å². The average molecular weight is 246 g/mol. The molecule has 0 saturated heterocycles. The number of aromatic carboxylic acids is 1. The molecule has 0 bridgehead atoms. The van der Waals surface area contributed by atoms with Crippen molar-refractivity contribution in [1.82, 2.24) is 0 Å². The lowest BCUT2D eigenvalue weighted by atomic mass is 10.2. The summed E-state index contributed by atoms with van der Waals surface area (Å²) < 4.78 is 5.33. The lowest BCUT2D eigenvalue weighted by Gasteiger charge is -2.07. The highest BCUT2D eigenvalue weighted by Crippen LogP contribution is 2.31. The molecule has 0 saturated carbocycles. The quantitative estimate of drug-likeness (QED) is 0.779. The number of rotatable bonds is 2. The first-order chi connectivity index (χ1) is 6.06. The molecule has 0 heterocycles. The highest BCUT2D eigenvalue weighted by atomic mass is 79.9. The van der Waals surface area contributed by atoms with Gasteiger partial charge in [0.05, 0.1) is 17.1 Å². The zero-order valence-electron chi connectivity index (χ0n) is 6.87. The molecule has 0 aliphatic rings. The van der Waals surface area contributed by atoms with Crippen molar-refractivity contribution in [3.63, 3.8) is 0 Å². The average Bonchev–Trinajstić information content (AvgIpc) is 2.08. The Hall–Kier alpha value is -1.23. The van der Waals surface area contributed by atoms with Crippen molar-refractivity contribution in [2.24, 2.45) is 0 Å². The fourth-order valence-corrected chi connectivity index (χ4v) is 1.48. The number of nitrogen functional groups attached to an aromatic ring is 1. The third kappa shape index (κ3) is 1.92. The summed E-state index contributed by atoms with van der Waals surface area (Å²) in [6.07, 6.45) is 0. The van der Waals surface area contributed by atoms with Gasteiger partial charge in [-0.25, -0.2) is 4.79 Å². The molecule has 0 radical (unpaired) electrons. The number of ether oxygens (including phenoxy) is 1. The first-order valence-corrected chi connectivity index (χ1v) is 4.22. The molecule has 0 unspecified atom stereocenters. The van der Waals surface area contributed by atoms with Crippen LogP contribution in [0.2, 0.25) is 0 Å². The van der Waals surface area contributed by atoms with Crippen molar-refractivity contribution >= 4 is 27.6 Å². The molecule has 0 aromatic heterocycles. The van der Waals surface area contributed by atoms with Crippen LogP contribution in [0.1, 0.15) is 10.4 Å². The number of carboxylic acid groups (broad SMARTS) is 1. The van der Waals surface area contributed by atoms with Gasteiger partial charge in [0.15, 0.2) is 0 Å². The van der Waals surface area contributed by atoms with Crippen molar-refractivity contribution in [3.8, 4) is 5.75 Å². The zero-order valence-corrected chi connectivity index (χ0v) is 8.46. The van der Waals surface area contributed by atoms with E-state index in [4.69, 9.17) is 15.6 Å². The van der Waals surface area contributed by atoms with Gasteiger partial charge in [-0.3, -0.25) is 0 Å². The van der Waals surface area contributed by atoms with E-state index in [9.17, 15) is 4.79 Å². The summed E-state index contributed by atoms with van der Waals surface area (Å²) in [5.74, 6) is -0.630. The number of methoxy groups -OCH3 is 1. The van der Waals surface area contributed by atoms with Gasteiger partial charge in [0.2, 0.25) is 0 Å². The molecular formula is C8H8BrNO3. The number of anilines is 1. The molecule has 0 fully saturated rings. The van der Waals surface area contributed by atoms with Gasteiger partial charge < -0.3 is 15.6 Å². The summed E-state index contributed by atoms with van der Waals surface area (Å²) in [5.41, 5.74) is 5.93. The molecule has 0 aliphatic carbocycles. The summed E-state index contributed by atoms with van der Waals surface area (Å²) >= 11 is 3.11. The van der Waals surface area contributed by atoms with E-state index in [2.05, 4.69) is 15.9 Å². The van der Waals surface area contributed by atoms with Crippen molar-refractivity contribution in [2.75, 3.05) is 12.8 Å². The molecule has 4 nitrogen and oxygen atoms in total. The molecule has 1 rings (SSSR count). The topological polar surface area (TPSA) is 72.5 Å². The number of hydrogen-bond acceptors (Lipinski definition) is 3. The van der Waals surface area contributed by atoms with E-state index in [0.29, 0.717) is 15.9 Å². The lowest BCUT2D eigenvalue weighted by Crippen LogP contribution is -2.01. The summed E-state index contributed by atoms with van der Waals surface area (Å²) in [6.45, 7) is 0. The van der Waals surface area contributed by atoms with E-state index in [1.807, 2.05) is 0 Å². The van der Waals surface area contributed by atoms with Gasteiger partial charge in [-0.2, -0.15) is 0 Å². The smallest absolute Gasteiger partial charge is 0.337 e. The van der Waals surface area contributed by atoms with Crippen LogP contribution in [-0.4, -0.2) is 18.2 Å². The monoisotopic (exact) mass is 245 g/mol. The van der Waals surface area contributed by atoms with E-state index >= 15 is 0 Å². The second-order valence-corrected chi connectivity index (χ2v) is 3.18. The minimum atomic E-state index is -1.04. The van der Waals surface area contributed by atoms with Crippen LogP contribution in [0.5, 0.6) is 5.75 Å². The normalized spacial score (nSPS) is 9.69. The predicted octanol–water partition coefficient (Wildman–Crippen LogP) is 1.74. The van der Waals surface area contributed by atoms with Gasteiger partial charge in [0, 0.05) is 11.8 Å². The largest absolute Gasteiger partial charge is 0.495 e. The SMILES string of the molecule is COc1cc(N)cc(C(=O)O)c1Br. The molecule has 0 atom stereocenters. The number of carbonyl (C=O) groups is 1. The van der Waals surface area contributed by atoms with Crippen LogP contribution in [0.15, 0.2) is 16.6 Å². The molecule has 0 spiro atoms. The molecule has 5 heteroatoms. The summed E-state index contributed by atoms with van der Waals surface area (Å²) in [7, 11) is 1.45. The van der Waals surface area contributed by atoms with Crippen molar-refractivity contribution in [2.45, 2.75) is 0 Å². The Kier molecular flexibility index (Phi) is 2.77. The first-order valence-electron chi connectivity index (χ1n) is 3.42. The Morgan fingerprint density at radius 3 is 2.69 bits per heavy atom. The molecule has 13 heavy (non-hydrogen) atoms.